The van der Waals surface area contributed by atoms with Gasteiger partial charge in [0.05, 0.1) is 0 Å². The second-order valence-corrected chi connectivity index (χ2v) is 5.05. The van der Waals surface area contributed by atoms with Gasteiger partial charge in [0.2, 0.25) is 5.89 Å². The van der Waals surface area contributed by atoms with Crippen molar-refractivity contribution in [3.8, 4) is 0 Å². The normalized spacial score (nSPS) is 10.5. The third-order valence-corrected chi connectivity index (χ3v) is 3.49. The van der Waals surface area contributed by atoms with Crippen LogP contribution in [-0.4, -0.2) is 22.6 Å². The lowest BCUT2D eigenvalue weighted by atomic mass is 10.1. The predicted molar refractivity (Wildman–Crippen MR) is 74.0 cm³/mol. The summed E-state index contributed by atoms with van der Waals surface area (Å²) < 4.78 is 5.78. The molecule has 100 valence electrons. The molecule has 1 aromatic carbocycles. The number of aromatic nitrogens is 2. The maximum atomic E-state index is 11.9. The van der Waals surface area contributed by atoms with Gasteiger partial charge in [-0.2, -0.15) is 4.98 Å². The van der Waals surface area contributed by atoms with E-state index in [1.807, 2.05) is 19.1 Å². The highest BCUT2D eigenvalue weighted by molar-refractivity contribution is 9.10. The van der Waals surface area contributed by atoms with Crippen LogP contribution in [0.25, 0.3) is 0 Å². The maximum Gasteiger partial charge on any atom is 0.251 e. The molecule has 5 nitrogen and oxygen atoms in total. The van der Waals surface area contributed by atoms with Crippen LogP contribution < -0.4 is 5.32 Å². The first-order valence-corrected chi connectivity index (χ1v) is 6.69. The zero-order chi connectivity index (χ0) is 13.8. The second-order valence-electron chi connectivity index (χ2n) is 4.20. The average molecular weight is 324 g/mol. The number of halogens is 1. The monoisotopic (exact) mass is 323 g/mol. The molecule has 1 heterocycles. The van der Waals surface area contributed by atoms with E-state index < -0.39 is 0 Å². The van der Waals surface area contributed by atoms with Gasteiger partial charge in [-0.3, -0.25) is 4.79 Å². The van der Waals surface area contributed by atoms with E-state index >= 15 is 0 Å². The number of aryl methyl sites for hydroxylation is 2. The van der Waals surface area contributed by atoms with E-state index in [0.29, 0.717) is 30.2 Å². The first-order valence-electron chi connectivity index (χ1n) is 5.90. The summed E-state index contributed by atoms with van der Waals surface area (Å²) in [6.45, 7) is 4.19. The molecular formula is C13H14BrN3O2. The van der Waals surface area contributed by atoms with E-state index in [1.165, 1.54) is 0 Å². The van der Waals surface area contributed by atoms with Crippen LogP contribution in [0, 0.1) is 13.8 Å². The van der Waals surface area contributed by atoms with Crippen LogP contribution in [0.1, 0.15) is 27.6 Å². The molecule has 0 radical (unpaired) electrons. The first-order chi connectivity index (χ1) is 9.06. The van der Waals surface area contributed by atoms with E-state index in [9.17, 15) is 4.79 Å². The number of benzene rings is 1. The van der Waals surface area contributed by atoms with Gasteiger partial charge in [0.1, 0.15) is 0 Å². The molecule has 2 rings (SSSR count). The molecule has 0 bridgehead atoms. The topological polar surface area (TPSA) is 68.0 Å². The van der Waals surface area contributed by atoms with E-state index in [2.05, 4.69) is 31.4 Å². The summed E-state index contributed by atoms with van der Waals surface area (Å²) in [5, 5.41) is 6.59. The van der Waals surface area contributed by atoms with E-state index in [0.717, 1.165) is 10.0 Å². The Morgan fingerprint density at radius 1 is 1.42 bits per heavy atom. The standard InChI is InChI=1S/C13H14BrN3O2/c1-8-3-4-10(7-11(8)14)13(18)15-6-5-12-16-9(2)19-17-12/h3-4,7H,5-6H2,1-2H3,(H,15,18). The van der Waals surface area contributed by atoms with Gasteiger partial charge < -0.3 is 9.84 Å². The fraction of sp³-hybridized carbons (Fsp3) is 0.308. The molecule has 1 amide bonds. The van der Waals surface area contributed by atoms with Gasteiger partial charge in [0.15, 0.2) is 5.82 Å². The van der Waals surface area contributed by atoms with Gasteiger partial charge in [-0.05, 0) is 24.6 Å². The van der Waals surface area contributed by atoms with Crippen LogP contribution in [-0.2, 0) is 6.42 Å². The van der Waals surface area contributed by atoms with Crippen molar-refractivity contribution in [2.45, 2.75) is 20.3 Å². The number of hydrogen-bond donors (Lipinski definition) is 1. The van der Waals surface area contributed by atoms with Crippen LogP contribution in [0.15, 0.2) is 27.2 Å². The highest BCUT2D eigenvalue weighted by Gasteiger charge is 2.08. The summed E-state index contributed by atoms with van der Waals surface area (Å²) in [5.74, 6) is 1.02. The fourth-order valence-corrected chi connectivity index (χ4v) is 1.95. The number of carbonyl (C=O) groups is 1. The number of hydrogen-bond acceptors (Lipinski definition) is 4. The predicted octanol–water partition coefficient (Wildman–Crippen LogP) is 2.42. The Morgan fingerprint density at radius 3 is 2.84 bits per heavy atom. The number of amides is 1. The van der Waals surface area contributed by atoms with Gasteiger partial charge in [-0.25, -0.2) is 0 Å². The molecule has 0 saturated carbocycles. The minimum absolute atomic E-state index is 0.110. The molecule has 0 fully saturated rings. The van der Waals surface area contributed by atoms with Crippen molar-refractivity contribution < 1.29 is 9.32 Å². The molecule has 0 aliphatic rings. The van der Waals surface area contributed by atoms with Crippen LogP contribution in [0.3, 0.4) is 0 Å². The van der Waals surface area contributed by atoms with Crippen molar-refractivity contribution in [2.24, 2.45) is 0 Å². The molecule has 0 aliphatic heterocycles. The first kappa shape index (κ1) is 13.7. The Bertz CT molecular complexity index is 595. The second kappa shape index (κ2) is 5.97. The fourth-order valence-electron chi connectivity index (χ4n) is 1.57. The van der Waals surface area contributed by atoms with Crippen LogP contribution in [0.2, 0.25) is 0 Å². The zero-order valence-corrected chi connectivity index (χ0v) is 12.3. The van der Waals surface area contributed by atoms with Crippen molar-refractivity contribution >= 4 is 21.8 Å². The smallest absolute Gasteiger partial charge is 0.251 e. The quantitative estimate of drug-likeness (QED) is 0.938. The van der Waals surface area contributed by atoms with E-state index in [4.69, 9.17) is 4.52 Å². The Kier molecular flexibility index (Phi) is 4.31. The molecule has 19 heavy (non-hydrogen) atoms. The molecule has 1 N–H and O–H groups in total. The lowest BCUT2D eigenvalue weighted by molar-refractivity contribution is 0.0954. The molecule has 0 unspecified atom stereocenters. The number of rotatable bonds is 4. The maximum absolute atomic E-state index is 11.9. The summed E-state index contributed by atoms with van der Waals surface area (Å²) >= 11 is 3.41. The largest absolute Gasteiger partial charge is 0.352 e. The van der Waals surface area contributed by atoms with Crippen LogP contribution in [0.5, 0.6) is 0 Å². The average Bonchev–Trinajstić information content (AvgIpc) is 2.78. The molecule has 6 heteroatoms. The van der Waals surface area contributed by atoms with Crippen molar-refractivity contribution in [3.05, 3.63) is 45.5 Å². The van der Waals surface area contributed by atoms with E-state index in [-0.39, 0.29) is 5.91 Å². The zero-order valence-electron chi connectivity index (χ0n) is 10.7. The summed E-state index contributed by atoms with van der Waals surface area (Å²) in [4.78, 5) is 16.0. The SMILES string of the molecule is Cc1nc(CCNC(=O)c2ccc(C)c(Br)c2)no1. The van der Waals surface area contributed by atoms with Gasteiger partial charge in [-0.15, -0.1) is 0 Å². The number of carbonyl (C=O) groups excluding carboxylic acids is 1. The Balaban J connectivity index is 1.89. The van der Waals surface area contributed by atoms with Gasteiger partial charge in [0.25, 0.3) is 5.91 Å². The highest BCUT2D eigenvalue weighted by Crippen LogP contribution is 2.17. The molecule has 0 spiro atoms. The molecular weight excluding hydrogens is 310 g/mol. The van der Waals surface area contributed by atoms with Crippen LogP contribution in [0.4, 0.5) is 0 Å². The Hall–Kier alpha value is -1.69. The lowest BCUT2D eigenvalue weighted by Crippen LogP contribution is -2.26. The van der Waals surface area contributed by atoms with Crippen molar-refractivity contribution in [3.63, 3.8) is 0 Å². The van der Waals surface area contributed by atoms with Gasteiger partial charge >= 0.3 is 0 Å². The lowest BCUT2D eigenvalue weighted by Gasteiger charge is -2.05. The highest BCUT2D eigenvalue weighted by atomic mass is 79.9. The minimum atomic E-state index is -0.110. The molecule has 1 aromatic heterocycles. The van der Waals surface area contributed by atoms with Crippen molar-refractivity contribution in [1.82, 2.24) is 15.5 Å². The molecule has 2 aromatic rings. The van der Waals surface area contributed by atoms with Crippen molar-refractivity contribution in [1.29, 1.82) is 0 Å². The summed E-state index contributed by atoms with van der Waals surface area (Å²) in [5.41, 5.74) is 1.72. The Labute approximate surface area is 119 Å². The third kappa shape index (κ3) is 3.64. The number of nitrogens with zero attached hydrogens (tertiary/aromatic N) is 2. The number of nitrogens with one attached hydrogen (secondary N) is 1. The Morgan fingerprint density at radius 2 is 2.21 bits per heavy atom. The third-order valence-electron chi connectivity index (χ3n) is 2.64. The van der Waals surface area contributed by atoms with Crippen molar-refractivity contribution in [2.75, 3.05) is 6.54 Å². The van der Waals surface area contributed by atoms with E-state index in [1.54, 1.807) is 13.0 Å². The van der Waals surface area contributed by atoms with Gasteiger partial charge in [-0.1, -0.05) is 27.2 Å². The molecule has 0 aliphatic carbocycles. The molecule has 0 saturated heterocycles. The van der Waals surface area contributed by atoms with Crippen LogP contribution >= 0.6 is 15.9 Å². The molecule has 0 atom stereocenters. The summed E-state index contributed by atoms with van der Waals surface area (Å²) in [6, 6.07) is 5.51. The van der Waals surface area contributed by atoms with Gasteiger partial charge in [0, 0.05) is 29.9 Å². The summed E-state index contributed by atoms with van der Waals surface area (Å²) in [6.07, 6.45) is 0.552. The summed E-state index contributed by atoms with van der Waals surface area (Å²) in [7, 11) is 0. The minimum Gasteiger partial charge on any atom is -0.352 e.